The van der Waals surface area contributed by atoms with Crippen molar-refractivity contribution in [2.45, 2.75) is 25.6 Å². The molecule has 0 saturated heterocycles. The van der Waals surface area contributed by atoms with E-state index in [-0.39, 0.29) is 0 Å². The van der Waals surface area contributed by atoms with Crippen LogP contribution in [0.25, 0.3) is 0 Å². The number of nitrogens with zero attached hydrogens (tertiary/aromatic N) is 1. The summed E-state index contributed by atoms with van der Waals surface area (Å²) in [6.07, 6.45) is 1.08. The van der Waals surface area contributed by atoms with E-state index in [4.69, 9.17) is 5.26 Å². The average Bonchev–Trinajstić information content (AvgIpc) is 2.75. The maximum absolute atomic E-state index is 8.97. The lowest BCUT2D eigenvalue weighted by Gasteiger charge is -2.19. The van der Waals surface area contributed by atoms with Crippen LogP contribution in [0.2, 0.25) is 0 Å². The molecule has 1 aliphatic rings. The summed E-state index contributed by atoms with van der Waals surface area (Å²) in [4.78, 5) is 0. The van der Waals surface area contributed by atoms with Gasteiger partial charge in [0.2, 0.25) is 0 Å². The molecule has 0 amide bonds. The number of hydrogen-bond acceptors (Lipinski definition) is 3. The van der Waals surface area contributed by atoms with E-state index >= 15 is 0 Å². The Hall–Kier alpha value is -2.15. The van der Waals surface area contributed by atoms with Crippen LogP contribution in [0.15, 0.2) is 48.5 Å². The molecule has 2 aromatic carbocycles. The van der Waals surface area contributed by atoms with Crippen molar-refractivity contribution in [3.05, 3.63) is 70.8 Å². The van der Waals surface area contributed by atoms with Gasteiger partial charge in [0.15, 0.2) is 0 Å². The van der Waals surface area contributed by atoms with Gasteiger partial charge in [-0.15, -0.1) is 0 Å². The molecule has 106 valence electrons. The molecule has 3 rings (SSSR count). The van der Waals surface area contributed by atoms with E-state index in [1.165, 1.54) is 11.1 Å². The van der Waals surface area contributed by atoms with Crippen LogP contribution in [-0.4, -0.2) is 6.54 Å². The quantitative estimate of drug-likeness (QED) is 0.907. The topological polar surface area (TPSA) is 47.9 Å². The highest BCUT2D eigenvalue weighted by molar-refractivity contribution is 5.34. The van der Waals surface area contributed by atoms with Crippen molar-refractivity contribution in [1.29, 1.82) is 5.26 Å². The second-order valence-electron chi connectivity index (χ2n) is 5.41. The third-order valence-electron chi connectivity index (χ3n) is 3.96. The summed E-state index contributed by atoms with van der Waals surface area (Å²) in [5, 5.41) is 16.1. The molecule has 3 heteroatoms. The Bertz CT molecular complexity index is 658. The molecule has 0 radical (unpaired) electrons. The van der Waals surface area contributed by atoms with Crippen LogP contribution in [0.4, 0.5) is 0 Å². The molecule has 2 N–H and O–H groups in total. The highest BCUT2D eigenvalue weighted by Gasteiger charge is 2.17. The van der Waals surface area contributed by atoms with Gasteiger partial charge in [-0.05, 0) is 41.8 Å². The highest BCUT2D eigenvalue weighted by Crippen LogP contribution is 2.23. The molecule has 1 heterocycles. The number of nitriles is 1. The molecule has 0 fully saturated rings. The monoisotopic (exact) mass is 277 g/mol. The molecular weight excluding hydrogens is 258 g/mol. The standard InChI is InChI=1S/C18H19N3/c19-11-14-4-3-5-15(10-14)12-21-18-8-9-20-13-16-6-1-2-7-17(16)18/h1-7,10,18,20-21H,8-9,12-13H2. The SMILES string of the molecule is N#Cc1cccc(CNC2CCNCc3ccccc32)c1. The minimum absolute atomic E-state index is 0.363. The fraction of sp³-hybridized carbons (Fsp3) is 0.278. The van der Waals surface area contributed by atoms with E-state index < -0.39 is 0 Å². The van der Waals surface area contributed by atoms with Gasteiger partial charge in [0.25, 0.3) is 0 Å². The Kier molecular flexibility index (Phi) is 4.30. The molecule has 0 aromatic heterocycles. The Morgan fingerprint density at radius 2 is 2.10 bits per heavy atom. The van der Waals surface area contributed by atoms with Gasteiger partial charge in [0.1, 0.15) is 0 Å². The minimum Gasteiger partial charge on any atom is -0.313 e. The third kappa shape index (κ3) is 3.30. The molecule has 1 unspecified atom stereocenters. The second-order valence-corrected chi connectivity index (χ2v) is 5.41. The molecule has 21 heavy (non-hydrogen) atoms. The fourth-order valence-electron chi connectivity index (χ4n) is 2.86. The maximum atomic E-state index is 8.97. The summed E-state index contributed by atoms with van der Waals surface area (Å²) in [5.41, 5.74) is 4.64. The first-order valence-corrected chi connectivity index (χ1v) is 7.38. The van der Waals surface area contributed by atoms with Crippen LogP contribution in [-0.2, 0) is 13.1 Å². The zero-order chi connectivity index (χ0) is 14.5. The summed E-state index contributed by atoms with van der Waals surface area (Å²) >= 11 is 0. The lowest BCUT2D eigenvalue weighted by molar-refractivity contribution is 0.496. The number of hydrogen-bond donors (Lipinski definition) is 2. The van der Waals surface area contributed by atoms with Crippen LogP contribution in [0.5, 0.6) is 0 Å². The number of fused-ring (bicyclic) bond motifs is 1. The van der Waals surface area contributed by atoms with E-state index in [1.807, 2.05) is 18.2 Å². The van der Waals surface area contributed by atoms with Gasteiger partial charge in [-0.2, -0.15) is 5.26 Å². The van der Waals surface area contributed by atoms with Crippen molar-refractivity contribution in [2.24, 2.45) is 0 Å². The summed E-state index contributed by atoms with van der Waals surface area (Å²) in [7, 11) is 0. The number of rotatable bonds is 3. The van der Waals surface area contributed by atoms with Crippen molar-refractivity contribution in [1.82, 2.24) is 10.6 Å². The van der Waals surface area contributed by atoms with Crippen LogP contribution < -0.4 is 10.6 Å². The second kappa shape index (κ2) is 6.53. The zero-order valence-electron chi connectivity index (χ0n) is 12.0. The van der Waals surface area contributed by atoms with Gasteiger partial charge in [0, 0.05) is 19.1 Å². The summed E-state index contributed by atoms with van der Waals surface area (Å²) in [6, 6.07) is 19.0. The normalized spacial score (nSPS) is 17.6. The summed E-state index contributed by atoms with van der Waals surface area (Å²) in [5.74, 6) is 0. The molecular formula is C18H19N3. The Morgan fingerprint density at radius 3 is 3.00 bits per heavy atom. The van der Waals surface area contributed by atoms with Gasteiger partial charge in [-0.3, -0.25) is 0 Å². The lowest BCUT2D eigenvalue weighted by Crippen LogP contribution is -2.22. The van der Waals surface area contributed by atoms with Crippen LogP contribution in [0.1, 0.15) is 34.7 Å². The van der Waals surface area contributed by atoms with Crippen molar-refractivity contribution in [3.8, 4) is 6.07 Å². The van der Waals surface area contributed by atoms with Crippen molar-refractivity contribution >= 4 is 0 Å². The summed E-state index contributed by atoms with van der Waals surface area (Å²) in [6.45, 7) is 2.75. The predicted molar refractivity (Wildman–Crippen MR) is 83.5 cm³/mol. The van der Waals surface area contributed by atoms with E-state index in [1.54, 1.807) is 0 Å². The van der Waals surface area contributed by atoms with Crippen molar-refractivity contribution < 1.29 is 0 Å². The zero-order valence-corrected chi connectivity index (χ0v) is 12.0. The van der Waals surface area contributed by atoms with Crippen LogP contribution >= 0.6 is 0 Å². The molecule has 3 nitrogen and oxygen atoms in total. The van der Waals surface area contributed by atoms with E-state index in [0.29, 0.717) is 6.04 Å². The van der Waals surface area contributed by atoms with Gasteiger partial charge in [-0.1, -0.05) is 36.4 Å². The first kappa shape index (κ1) is 13.8. The molecule has 2 aromatic rings. The first-order chi connectivity index (χ1) is 10.4. The van der Waals surface area contributed by atoms with Crippen molar-refractivity contribution in [2.75, 3.05) is 6.54 Å². The Labute approximate surface area is 125 Å². The van der Waals surface area contributed by atoms with Crippen LogP contribution in [0.3, 0.4) is 0 Å². The lowest BCUT2D eigenvalue weighted by atomic mass is 9.99. The molecule has 0 bridgehead atoms. The largest absolute Gasteiger partial charge is 0.313 e. The first-order valence-electron chi connectivity index (χ1n) is 7.38. The highest BCUT2D eigenvalue weighted by atomic mass is 14.9. The number of benzene rings is 2. The molecule has 0 spiro atoms. The molecule has 0 saturated carbocycles. The van der Waals surface area contributed by atoms with E-state index in [9.17, 15) is 0 Å². The smallest absolute Gasteiger partial charge is 0.0991 e. The Morgan fingerprint density at radius 1 is 1.19 bits per heavy atom. The molecule has 1 atom stereocenters. The fourth-order valence-corrected chi connectivity index (χ4v) is 2.86. The van der Waals surface area contributed by atoms with Crippen molar-refractivity contribution in [3.63, 3.8) is 0 Å². The Balaban J connectivity index is 1.74. The average molecular weight is 277 g/mol. The van der Waals surface area contributed by atoms with Gasteiger partial charge in [-0.25, -0.2) is 0 Å². The van der Waals surface area contributed by atoms with Gasteiger partial charge >= 0.3 is 0 Å². The van der Waals surface area contributed by atoms with Crippen LogP contribution in [0, 0.1) is 11.3 Å². The minimum atomic E-state index is 0.363. The molecule has 0 aliphatic carbocycles. The van der Waals surface area contributed by atoms with E-state index in [0.717, 1.165) is 37.2 Å². The third-order valence-corrected chi connectivity index (χ3v) is 3.96. The predicted octanol–water partition coefficient (Wildman–Crippen LogP) is 2.88. The summed E-state index contributed by atoms with van der Waals surface area (Å²) < 4.78 is 0. The van der Waals surface area contributed by atoms with Gasteiger partial charge < -0.3 is 10.6 Å². The number of nitrogens with one attached hydrogen (secondary N) is 2. The molecule has 1 aliphatic heterocycles. The van der Waals surface area contributed by atoms with Gasteiger partial charge in [0.05, 0.1) is 11.6 Å². The van der Waals surface area contributed by atoms with E-state index in [2.05, 4.69) is 47.0 Å². The maximum Gasteiger partial charge on any atom is 0.0991 e.